The van der Waals surface area contributed by atoms with E-state index in [1.54, 1.807) is 11.3 Å². The molecule has 0 bridgehead atoms. The van der Waals surface area contributed by atoms with Gasteiger partial charge in [-0.25, -0.2) is 14.6 Å². The van der Waals surface area contributed by atoms with Gasteiger partial charge in [-0.3, -0.25) is 4.79 Å². The Kier molecular flexibility index (Phi) is 5.64. The number of hydrogen-bond acceptors (Lipinski definition) is 6. The standard InChI is InChI=1S/C23H31N5O2S/c1-13(2)17-10-16(19-15(4)26-28(20(19)25-17)23(5,6)7)22(29)27-8-9-30-18(11-27)21-24-14(3)12-31-21/h10,12-13,18H,8-9,11H2,1-7H3. The molecule has 4 heterocycles. The minimum Gasteiger partial charge on any atom is -0.367 e. The van der Waals surface area contributed by atoms with Crippen LogP contribution in [-0.2, 0) is 10.3 Å². The molecule has 7 nitrogen and oxygen atoms in total. The van der Waals surface area contributed by atoms with Crippen LogP contribution in [-0.4, -0.2) is 50.3 Å². The summed E-state index contributed by atoms with van der Waals surface area (Å²) in [5, 5.41) is 8.55. The van der Waals surface area contributed by atoms with Crippen molar-refractivity contribution in [1.82, 2.24) is 24.6 Å². The Hall–Kier alpha value is -2.32. The second-order valence-electron chi connectivity index (χ2n) is 9.55. The molecule has 1 amide bonds. The van der Waals surface area contributed by atoms with Gasteiger partial charge in [-0.15, -0.1) is 11.3 Å². The Labute approximate surface area is 187 Å². The number of rotatable bonds is 3. The lowest BCUT2D eigenvalue weighted by Gasteiger charge is -2.32. The third kappa shape index (κ3) is 4.11. The molecule has 4 rings (SSSR count). The molecular weight excluding hydrogens is 410 g/mol. The monoisotopic (exact) mass is 441 g/mol. The van der Waals surface area contributed by atoms with E-state index >= 15 is 0 Å². The Balaban J connectivity index is 1.77. The van der Waals surface area contributed by atoms with Crippen molar-refractivity contribution < 1.29 is 9.53 Å². The maximum atomic E-state index is 13.8. The van der Waals surface area contributed by atoms with E-state index in [2.05, 4.69) is 39.6 Å². The first kappa shape index (κ1) is 21.9. The first-order valence-corrected chi connectivity index (χ1v) is 11.7. The van der Waals surface area contributed by atoms with Crippen molar-refractivity contribution in [2.24, 2.45) is 0 Å². The molecule has 3 aromatic heterocycles. The summed E-state index contributed by atoms with van der Waals surface area (Å²) in [5.41, 5.74) is 3.94. The number of fused-ring (bicyclic) bond motifs is 1. The molecule has 3 aromatic rings. The van der Waals surface area contributed by atoms with E-state index in [1.807, 2.05) is 34.9 Å². The second-order valence-corrected chi connectivity index (χ2v) is 10.4. The summed E-state index contributed by atoms with van der Waals surface area (Å²) in [6.07, 6.45) is -0.184. The Morgan fingerprint density at radius 3 is 2.61 bits per heavy atom. The number of aromatic nitrogens is 4. The molecule has 8 heteroatoms. The van der Waals surface area contributed by atoms with Crippen molar-refractivity contribution in [2.75, 3.05) is 19.7 Å². The fourth-order valence-electron chi connectivity index (χ4n) is 3.91. The predicted octanol–water partition coefficient (Wildman–Crippen LogP) is 4.60. The molecule has 0 aromatic carbocycles. The van der Waals surface area contributed by atoms with E-state index in [9.17, 15) is 4.79 Å². The number of hydrogen-bond donors (Lipinski definition) is 0. The van der Waals surface area contributed by atoms with Crippen LogP contribution in [0.2, 0.25) is 0 Å². The van der Waals surface area contributed by atoms with Gasteiger partial charge in [0.15, 0.2) is 5.65 Å². The second kappa shape index (κ2) is 7.98. The normalized spacial score (nSPS) is 17.7. The van der Waals surface area contributed by atoms with Crippen LogP contribution in [0.5, 0.6) is 0 Å². The summed E-state index contributed by atoms with van der Waals surface area (Å²) in [6, 6.07) is 1.95. The van der Waals surface area contributed by atoms with Gasteiger partial charge >= 0.3 is 0 Å². The highest BCUT2D eigenvalue weighted by atomic mass is 32.1. The minimum absolute atomic E-state index is 0.00689. The van der Waals surface area contributed by atoms with Crippen LogP contribution in [0.4, 0.5) is 0 Å². The fraction of sp³-hybridized carbons (Fsp3) is 0.565. The summed E-state index contributed by atoms with van der Waals surface area (Å²) in [5.74, 6) is 0.211. The van der Waals surface area contributed by atoms with Crippen molar-refractivity contribution in [3.8, 4) is 0 Å². The topological polar surface area (TPSA) is 73.1 Å². The minimum atomic E-state index is -0.234. The third-order valence-corrected chi connectivity index (χ3v) is 6.61. The molecule has 0 aliphatic carbocycles. The number of amides is 1. The average Bonchev–Trinajstić information content (AvgIpc) is 3.30. The zero-order valence-corrected chi connectivity index (χ0v) is 20.2. The average molecular weight is 442 g/mol. The third-order valence-electron chi connectivity index (χ3n) is 5.56. The van der Waals surface area contributed by atoms with Crippen LogP contribution in [0.15, 0.2) is 11.4 Å². The van der Waals surface area contributed by atoms with Gasteiger partial charge in [-0.1, -0.05) is 13.8 Å². The van der Waals surface area contributed by atoms with Crippen LogP contribution in [0, 0.1) is 13.8 Å². The van der Waals surface area contributed by atoms with Crippen LogP contribution in [0.1, 0.15) is 79.1 Å². The van der Waals surface area contributed by atoms with Crippen LogP contribution >= 0.6 is 11.3 Å². The molecule has 0 radical (unpaired) electrons. The van der Waals surface area contributed by atoms with Gasteiger partial charge in [0.25, 0.3) is 5.91 Å². The van der Waals surface area contributed by atoms with Gasteiger partial charge in [-0.2, -0.15) is 5.10 Å². The first-order valence-electron chi connectivity index (χ1n) is 10.8. The zero-order valence-electron chi connectivity index (χ0n) is 19.4. The lowest BCUT2D eigenvalue weighted by Crippen LogP contribution is -2.42. The number of carbonyl (C=O) groups is 1. The molecule has 1 aliphatic heterocycles. The molecule has 166 valence electrons. The van der Waals surface area contributed by atoms with Crippen LogP contribution in [0.25, 0.3) is 11.0 Å². The number of nitrogens with zero attached hydrogens (tertiary/aromatic N) is 5. The highest BCUT2D eigenvalue weighted by Crippen LogP contribution is 2.31. The molecule has 1 unspecified atom stereocenters. The summed E-state index contributed by atoms with van der Waals surface area (Å²) >= 11 is 1.59. The van der Waals surface area contributed by atoms with E-state index in [0.717, 1.165) is 33.1 Å². The van der Waals surface area contributed by atoms with Crippen molar-refractivity contribution in [3.05, 3.63) is 39.1 Å². The molecule has 0 N–H and O–H groups in total. The Morgan fingerprint density at radius 1 is 1.26 bits per heavy atom. The molecule has 1 aliphatic rings. The van der Waals surface area contributed by atoms with Crippen LogP contribution < -0.4 is 0 Å². The zero-order chi connectivity index (χ0) is 22.5. The molecule has 31 heavy (non-hydrogen) atoms. The Bertz CT molecular complexity index is 1130. The number of morpholine rings is 1. The van der Waals surface area contributed by atoms with Crippen molar-refractivity contribution in [3.63, 3.8) is 0 Å². The number of carbonyl (C=O) groups excluding carboxylic acids is 1. The van der Waals surface area contributed by atoms with Crippen molar-refractivity contribution in [1.29, 1.82) is 0 Å². The quantitative estimate of drug-likeness (QED) is 0.594. The molecule has 1 saturated heterocycles. The first-order chi connectivity index (χ1) is 14.6. The maximum Gasteiger partial charge on any atom is 0.254 e. The van der Waals surface area contributed by atoms with Gasteiger partial charge in [-0.05, 0) is 46.6 Å². The number of aryl methyl sites for hydroxylation is 2. The molecule has 0 saturated carbocycles. The van der Waals surface area contributed by atoms with Gasteiger partial charge in [0.1, 0.15) is 11.1 Å². The highest BCUT2D eigenvalue weighted by Gasteiger charge is 2.31. The summed E-state index contributed by atoms with van der Waals surface area (Å²) in [4.78, 5) is 25.1. The summed E-state index contributed by atoms with van der Waals surface area (Å²) < 4.78 is 7.89. The van der Waals surface area contributed by atoms with Gasteiger partial charge in [0.05, 0.1) is 35.3 Å². The van der Waals surface area contributed by atoms with E-state index in [1.165, 1.54) is 0 Å². The Morgan fingerprint density at radius 2 is 2.00 bits per heavy atom. The molecule has 0 spiro atoms. The molecule has 1 fully saturated rings. The number of ether oxygens (including phenoxy) is 1. The highest BCUT2D eigenvalue weighted by molar-refractivity contribution is 7.09. The molecular formula is C23H31N5O2S. The van der Waals surface area contributed by atoms with E-state index in [4.69, 9.17) is 14.8 Å². The lowest BCUT2D eigenvalue weighted by molar-refractivity contribution is -0.0228. The largest absolute Gasteiger partial charge is 0.367 e. The summed E-state index contributed by atoms with van der Waals surface area (Å²) in [7, 11) is 0. The van der Waals surface area contributed by atoms with Crippen LogP contribution in [0.3, 0.4) is 0 Å². The SMILES string of the molecule is Cc1csc(C2CN(C(=O)c3cc(C(C)C)nc4c3c(C)nn4C(C)(C)C)CCO2)n1. The smallest absolute Gasteiger partial charge is 0.254 e. The van der Waals surface area contributed by atoms with Gasteiger partial charge in [0.2, 0.25) is 0 Å². The van der Waals surface area contributed by atoms with E-state index in [0.29, 0.717) is 25.3 Å². The van der Waals surface area contributed by atoms with E-state index < -0.39 is 0 Å². The number of pyridine rings is 1. The van der Waals surface area contributed by atoms with Gasteiger partial charge < -0.3 is 9.64 Å². The summed E-state index contributed by atoms with van der Waals surface area (Å²) in [6.45, 7) is 16.0. The predicted molar refractivity (Wildman–Crippen MR) is 123 cm³/mol. The van der Waals surface area contributed by atoms with Crippen molar-refractivity contribution >= 4 is 28.3 Å². The van der Waals surface area contributed by atoms with Crippen molar-refractivity contribution in [2.45, 2.75) is 66.0 Å². The van der Waals surface area contributed by atoms with E-state index in [-0.39, 0.29) is 23.5 Å². The number of thiazole rings is 1. The lowest BCUT2D eigenvalue weighted by atomic mass is 10.0. The maximum absolute atomic E-state index is 13.8. The molecule has 1 atom stereocenters. The van der Waals surface area contributed by atoms with Gasteiger partial charge in [0, 0.05) is 23.3 Å². The fourth-order valence-corrected chi connectivity index (χ4v) is 4.75.